The monoisotopic (exact) mass is 669 g/mol. The highest BCUT2D eigenvalue weighted by atomic mass is 28.3. The zero-order valence-corrected chi connectivity index (χ0v) is 29.5. The highest BCUT2D eigenvalue weighted by Gasteiger charge is 2.25. The molecule has 11 nitrogen and oxygen atoms in total. The topological polar surface area (TPSA) is 117 Å². The molecule has 1 aliphatic heterocycles. The van der Waals surface area contributed by atoms with Crippen LogP contribution in [0.15, 0.2) is 61.2 Å². The van der Waals surface area contributed by atoms with Crippen molar-refractivity contribution in [3.8, 4) is 34.3 Å². The number of carbonyl (C=O) groups excluding carboxylic acids is 1. The van der Waals surface area contributed by atoms with Crippen LogP contribution in [0, 0.1) is 11.8 Å². The van der Waals surface area contributed by atoms with Crippen LogP contribution in [0.3, 0.4) is 0 Å². The summed E-state index contributed by atoms with van der Waals surface area (Å²) in [5.41, 5.74) is 2.40. The molecule has 1 aliphatic carbocycles. The van der Waals surface area contributed by atoms with E-state index in [1.807, 2.05) is 41.1 Å². The van der Waals surface area contributed by atoms with Gasteiger partial charge in [-0.15, -0.1) is 0 Å². The predicted molar refractivity (Wildman–Crippen MR) is 189 cm³/mol. The van der Waals surface area contributed by atoms with E-state index < -0.39 is 8.07 Å². The molecule has 2 fully saturated rings. The molecule has 12 heteroatoms. The Kier molecular flexibility index (Phi) is 10.7. The van der Waals surface area contributed by atoms with E-state index >= 15 is 0 Å². The predicted octanol–water partition coefficient (Wildman–Crippen LogP) is 6.16. The van der Waals surface area contributed by atoms with Gasteiger partial charge in [0.05, 0.1) is 19.3 Å². The number of rotatable bonds is 15. The lowest BCUT2D eigenvalue weighted by atomic mass is 9.97. The molecule has 0 radical (unpaired) electrons. The Balaban J connectivity index is 1.04. The molecule has 3 heterocycles. The van der Waals surface area contributed by atoms with Gasteiger partial charge >= 0.3 is 0 Å². The van der Waals surface area contributed by atoms with E-state index in [4.69, 9.17) is 19.2 Å². The Morgan fingerprint density at radius 2 is 1.79 bits per heavy atom. The van der Waals surface area contributed by atoms with Crippen molar-refractivity contribution >= 4 is 19.9 Å². The molecule has 1 saturated carbocycles. The van der Waals surface area contributed by atoms with E-state index in [0.717, 1.165) is 55.5 Å². The number of ether oxygens (including phenoxy) is 3. The van der Waals surface area contributed by atoms with Crippen LogP contribution in [0.2, 0.25) is 25.7 Å². The molecular formula is C36H47N7O4Si. The summed E-state index contributed by atoms with van der Waals surface area (Å²) in [5.74, 6) is 4.21. The number of amides is 1. The molecule has 4 aromatic rings. The van der Waals surface area contributed by atoms with Gasteiger partial charge in [-0.05, 0) is 67.8 Å². The summed E-state index contributed by atoms with van der Waals surface area (Å²) in [6, 6.07) is 14.7. The minimum atomic E-state index is -1.15. The van der Waals surface area contributed by atoms with Gasteiger partial charge in [0.25, 0.3) is 5.91 Å². The zero-order valence-electron chi connectivity index (χ0n) is 28.5. The molecule has 2 aromatic carbocycles. The first-order valence-electron chi connectivity index (χ1n) is 17.0. The number of imidazole rings is 1. The van der Waals surface area contributed by atoms with Crippen LogP contribution in [0.4, 0.5) is 5.95 Å². The minimum absolute atomic E-state index is 0.136. The van der Waals surface area contributed by atoms with Crippen LogP contribution in [0.1, 0.15) is 36.0 Å². The SMILES string of the molecule is COc1ccc(OCC2CC2)c(C(=O)NCC2CCN(c3ncnc(-c4cccc(-c5nccn5COCC[Si](C)(C)C)c4)n3)CC2)c1. The van der Waals surface area contributed by atoms with E-state index in [2.05, 4.69) is 50.9 Å². The van der Waals surface area contributed by atoms with Crippen LogP contribution in [0.5, 0.6) is 11.5 Å². The largest absolute Gasteiger partial charge is 0.497 e. The number of nitrogens with zero attached hydrogens (tertiary/aromatic N) is 6. The van der Waals surface area contributed by atoms with Gasteiger partial charge in [0.2, 0.25) is 5.95 Å². The summed E-state index contributed by atoms with van der Waals surface area (Å²) >= 11 is 0. The van der Waals surface area contributed by atoms with Crippen LogP contribution in [-0.2, 0) is 11.5 Å². The Bertz CT molecular complexity index is 1680. The van der Waals surface area contributed by atoms with Gasteiger partial charge in [-0.25, -0.2) is 15.0 Å². The fourth-order valence-electron chi connectivity index (χ4n) is 5.69. The molecular weight excluding hydrogens is 623 g/mol. The summed E-state index contributed by atoms with van der Waals surface area (Å²) in [6.45, 7) is 11.1. The van der Waals surface area contributed by atoms with Gasteiger partial charge in [-0.3, -0.25) is 4.79 Å². The number of nitrogens with one attached hydrogen (secondary N) is 1. The van der Waals surface area contributed by atoms with E-state index in [0.29, 0.717) is 60.6 Å². The quantitative estimate of drug-likeness (QED) is 0.117. The molecule has 48 heavy (non-hydrogen) atoms. The Labute approximate surface area is 284 Å². The summed E-state index contributed by atoms with van der Waals surface area (Å²) < 4.78 is 19.4. The number of methoxy groups -OCH3 is 1. The van der Waals surface area contributed by atoms with Gasteiger partial charge < -0.3 is 29.0 Å². The average Bonchev–Trinajstić information content (AvgIpc) is 3.82. The van der Waals surface area contributed by atoms with Crippen molar-refractivity contribution in [1.29, 1.82) is 0 Å². The molecule has 2 aliphatic rings. The second kappa shape index (κ2) is 15.3. The number of aromatic nitrogens is 5. The van der Waals surface area contributed by atoms with Gasteiger partial charge in [0.1, 0.15) is 30.4 Å². The third-order valence-electron chi connectivity index (χ3n) is 8.93. The van der Waals surface area contributed by atoms with Crippen molar-refractivity contribution in [2.75, 3.05) is 44.9 Å². The number of piperidine rings is 1. The molecule has 2 aromatic heterocycles. The van der Waals surface area contributed by atoms with Crippen molar-refractivity contribution in [1.82, 2.24) is 29.8 Å². The first-order valence-corrected chi connectivity index (χ1v) is 20.7. The Morgan fingerprint density at radius 3 is 2.56 bits per heavy atom. The number of benzene rings is 2. The van der Waals surface area contributed by atoms with Crippen LogP contribution < -0.4 is 19.7 Å². The number of carbonyl (C=O) groups is 1. The number of hydrogen-bond acceptors (Lipinski definition) is 9. The number of anilines is 1. The highest BCUT2D eigenvalue weighted by molar-refractivity contribution is 6.76. The van der Waals surface area contributed by atoms with Crippen molar-refractivity contribution in [3.05, 3.63) is 66.7 Å². The molecule has 0 bridgehead atoms. The van der Waals surface area contributed by atoms with Gasteiger partial charge in [-0.1, -0.05) is 37.8 Å². The molecule has 254 valence electrons. The van der Waals surface area contributed by atoms with E-state index in [1.165, 1.54) is 12.8 Å². The second-order valence-corrected chi connectivity index (χ2v) is 19.6. The smallest absolute Gasteiger partial charge is 0.255 e. The molecule has 6 rings (SSSR count). The van der Waals surface area contributed by atoms with Crippen molar-refractivity contribution < 1.29 is 19.0 Å². The lowest BCUT2D eigenvalue weighted by molar-refractivity contribution is 0.0882. The third-order valence-corrected chi connectivity index (χ3v) is 10.6. The Morgan fingerprint density at radius 1 is 0.979 bits per heavy atom. The maximum absolute atomic E-state index is 13.2. The van der Waals surface area contributed by atoms with Crippen molar-refractivity contribution in [2.24, 2.45) is 11.8 Å². The Hall–Kier alpha value is -4.29. The molecule has 0 spiro atoms. The van der Waals surface area contributed by atoms with Gasteiger partial charge in [0.15, 0.2) is 5.82 Å². The lowest BCUT2D eigenvalue weighted by Crippen LogP contribution is -2.39. The average molecular weight is 670 g/mol. The fourth-order valence-corrected chi connectivity index (χ4v) is 6.45. The lowest BCUT2D eigenvalue weighted by Gasteiger charge is -2.32. The highest BCUT2D eigenvalue weighted by Crippen LogP contribution is 2.32. The van der Waals surface area contributed by atoms with Crippen molar-refractivity contribution in [2.45, 2.75) is 58.1 Å². The first-order chi connectivity index (χ1) is 23.3. The first kappa shape index (κ1) is 33.6. The summed E-state index contributed by atoms with van der Waals surface area (Å²) in [6.07, 6.45) is 9.56. The van der Waals surface area contributed by atoms with Crippen molar-refractivity contribution in [3.63, 3.8) is 0 Å². The molecule has 0 unspecified atom stereocenters. The summed E-state index contributed by atoms with van der Waals surface area (Å²) in [4.78, 5) is 33.9. The summed E-state index contributed by atoms with van der Waals surface area (Å²) in [7, 11) is 0.458. The fraction of sp³-hybridized carbons (Fsp3) is 0.472. The second-order valence-electron chi connectivity index (χ2n) is 14.0. The van der Waals surface area contributed by atoms with E-state index in [-0.39, 0.29) is 5.91 Å². The van der Waals surface area contributed by atoms with Gasteiger partial charge in [0, 0.05) is 57.8 Å². The molecule has 1 saturated heterocycles. The van der Waals surface area contributed by atoms with Gasteiger partial charge in [-0.2, -0.15) is 4.98 Å². The van der Waals surface area contributed by atoms with E-state index in [9.17, 15) is 4.79 Å². The summed E-state index contributed by atoms with van der Waals surface area (Å²) in [5, 5.41) is 3.14. The zero-order chi connectivity index (χ0) is 33.5. The number of hydrogen-bond donors (Lipinski definition) is 1. The minimum Gasteiger partial charge on any atom is -0.497 e. The molecule has 0 atom stereocenters. The van der Waals surface area contributed by atoms with Crippen LogP contribution >= 0.6 is 0 Å². The van der Waals surface area contributed by atoms with Crippen LogP contribution in [-0.4, -0.2) is 78.4 Å². The standard InChI is InChI=1S/C36H47N7O4Si/c1-45-30-10-11-32(47-23-27-8-9-27)31(21-30)35(44)38-22-26-12-15-42(16-13-26)36-40-24-39-33(41-36)28-6-5-7-29(20-28)34-37-14-17-43(34)25-46-18-19-48(2,3)4/h5-7,10-11,14,17,20-21,24,26-27H,8-9,12-13,15-16,18-19,22-23,25H2,1-4H3,(H,38,44). The molecule has 1 N–H and O–H groups in total. The maximum atomic E-state index is 13.2. The van der Waals surface area contributed by atoms with Crippen LogP contribution in [0.25, 0.3) is 22.8 Å². The maximum Gasteiger partial charge on any atom is 0.255 e. The third kappa shape index (κ3) is 8.98. The normalized spacial score (nSPS) is 15.4. The van der Waals surface area contributed by atoms with E-state index in [1.54, 1.807) is 25.7 Å². The molecule has 1 amide bonds.